The molecule has 2 aromatic heterocycles. The number of hydrogen-bond acceptors (Lipinski definition) is 4. The normalized spacial score (nSPS) is 15.2. The number of halogens is 1. The molecule has 1 amide bonds. The van der Waals surface area contributed by atoms with E-state index in [0.29, 0.717) is 10.2 Å². The third-order valence-corrected chi connectivity index (χ3v) is 6.51. The summed E-state index contributed by atoms with van der Waals surface area (Å²) in [4.78, 5) is 39.0. The number of hydrogen-bond donors (Lipinski definition) is 1. The van der Waals surface area contributed by atoms with E-state index in [1.807, 2.05) is 24.3 Å². The number of rotatable bonds is 4. The average Bonchev–Trinajstić information content (AvgIpc) is 3.41. The standard InChI is InChI=1S/C23H18FN3O3S/c24-16-7-3-4-8-18(16)27-22(29)21-19(11-12-31-21)26(23(27)30)13-20(28)25-17-10-9-14-5-1-2-6-15(14)17/h1-8,11-12,17H,9-10,13H2,(H,25,28). The first-order valence-corrected chi connectivity index (χ1v) is 10.8. The van der Waals surface area contributed by atoms with Crippen molar-refractivity contribution < 1.29 is 9.18 Å². The van der Waals surface area contributed by atoms with Gasteiger partial charge in [0.1, 0.15) is 17.1 Å². The first-order valence-electron chi connectivity index (χ1n) is 9.89. The van der Waals surface area contributed by atoms with Crippen LogP contribution >= 0.6 is 11.3 Å². The lowest BCUT2D eigenvalue weighted by Crippen LogP contribution is -2.42. The number of amides is 1. The Morgan fingerprint density at radius 3 is 2.71 bits per heavy atom. The Morgan fingerprint density at radius 2 is 1.87 bits per heavy atom. The Bertz CT molecular complexity index is 1440. The van der Waals surface area contributed by atoms with Crippen molar-refractivity contribution in [1.29, 1.82) is 0 Å². The number of fused-ring (bicyclic) bond motifs is 2. The zero-order valence-corrected chi connectivity index (χ0v) is 17.2. The third kappa shape index (κ3) is 3.29. The zero-order valence-electron chi connectivity index (χ0n) is 16.4. The van der Waals surface area contributed by atoms with Crippen LogP contribution in [0.15, 0.2) is 69.6 Å². The monoisotopic (exact) mass is 435 g/mol. The molecule has 0 radical (unpaired) electrons. The van der Waals surface area contributed by atoms with Crippen molar-refractivity contribution in [2.75, 3.05) is 0 Å². The van der Waals surface area contributed by atoms with Crippen LogP contribution in [0.2, 0.25) is 0 Å². The van der Waals surface area contributed by atoms with E-state index in [-0.39, 0.29) is 24.2 Å². The Hall–Kier alpha value is -3.52. The Kier molecular flexibility index (Phi) is 4.78. The van der Waals surface area contributed by atoms with Crippen LogP contribution in [0, 0.1) is 5.82 Å². The molecule has 1 unspecified atom stereocenters. The van der Waals surface area contributed by atoms with Crippen LogP contribution in [0.4, 0.5) is 4.39 Å². The second kappa shape index (κ2) is 7.63. The Labute approximate surface area is 180 Å². The molecule has 2 heterocycles. The van der Waals surface area contributed by atoms with Gasteiger partial charge in [0, 0.05) is 0 Å². The van der Waals surface area contributed by atoms with Gasteiger partial charge in [-0.1, -0.05) is 36.4 Å². The van der Waals surface area contributed by atoms with E-state index in [9.17, 15) is 18.8 Å². The molecule has 31 heavy (non-hydrogen) atoms. The molecule has 1 aliphatic rings. The maximum Gasteiger partial charge on any atom is 0.336 e. The number of thiophene rings is 1. The first-order chi connectivity index (χ1) is 15.0. The van der Waals surface area contributed by atoms with Crippen molar-refractivity contribution in [3.05, 3.63) is 97.8 Å². The van der Waals surface area contributed by atoms with E-state index in [0.717, 1.165) is 34.3 Å². The largest absolute Gasteiger partial charge is 0.348 e. The predicted octanol–water partition coefficient (Wildman–Crippen LogP) is 3.16. The molecule has 0 aliphatic heterocycles. The van der Waals surface area contributed by atoms with Gasteiger partial charge in [0.05, 0.1) is 17.2 Å². The van der Waals surface area contributed by atoms with Crippen molar-refractivity contribution >= 4 is 27.5 Å². The summed E-state index contributed by atoms with van der Waals surface area (Å²) in [5.74, 6) is -1.02. The van der Waals surface area contributed by atoms with E-state index >= 15 is 0 Å². The summed E-state index contributed by atoms with van der Waals surface area (Å²) in [6.45, 7) is -0.264. The van der Waals surface area contributed by atoms with Gasteiger partial charge < -0.3 is 5.32 Å². The number of carbonyl (C=O) groups excluding carboxylic acids is 1. The highest BCUT2D eigenvalue weighted by molar-refractivity contribution is 7.17. The highest BCUT2D eigenvalue weighted by Crippen LogP contribution is 2.30. The fourth-order valence-corrected chi connectivity index (χ4v) is 5.00. The van der Waals surface area contributed by atoms with Gasteiger partial charge in [-0.05, 0) is 47.5 Å². The van der Waals surface area contributed by atoms with Crippen molar-refractivity contribution in [3.8, 4) is 5.69 Å². The summed E-state index contributed by atoms with van der Waals surface area (Å²) in [5, 5.41) is 4.68. The lowest BCUT2D eigenvalue weighted by molar-refractivity contribution is -0.122. The number of aromatic nitrogens is 2. The van der Waals surface area contributed by atoms with E-state index in [1.165, 1.54) is 28.3 Å². The van der Waals surface area contributed by atoms with Gasteiger partial charge in [0.2, 0.25) is 5.91 Å². The SMILES string of the molecule is O=C(Cn1c(=O)n(-c2ccccc2F)c(=O)c2sccc21)NC1CCc2ccccc21. The number of benzene rings is 2. The summed E-state index contributed by atoms with van der Waals surface area (Å²) in [7, 11) is 0. The molecule has 156 valence electrons. The quantitative estimate of drug-likeness (QED) is 0.535. The van der Waals surface area contributed by atoms with Crippen LogP contribution < -0.4 is 16.6 Å². The molecule has 1 atom stereocenters. The highest BCUT2D eigenvalue weighted by Gasteiger charge is 2.25. The minimum Gasteiger partial charge on any atom is -0.348 e. The van der Waals surface area contributed by atoms with Gasteiger partial charge in [-0.15, -0.1) is 11.3 Å². The van der Waals surface area contributed by atoms with Gasteiger partial charge in [-0.3, -0.25) is 14.2 Å². The van der Waals surface area contributed by atoms with Crippen LogP contribution in [0.5, 0.6) is 0 Å². The molecule has 0 saturated heterocycles. The second-order valence-corrected chi connectivity index (χ2v) is 8.37. The number of carbonyl (C=O) groups is 1. The lowest BCUT2D eigenvalue weighted by atomic mass is 10.1. The molecular formula is C23H18FN3O3S. The van der Waals surface area contributed by atoms with Crippen LogP contribution in [0.25, 0.3) is 15.9 Å². The molecule has 1 N–H and O–H groups in total. The minimum absolute atomic E-state index is 0.116. The number of aryl methyl sites for hydroxylation is 1. The van der Waals surface area contributed by atoms with Crippen molar-refractivity contribution in [2.24, 2.45) is 0 Å². The molecule has 0 saturated carbocycles. The number of para-hydroxylation sites is 1. The summed E-state index contributed by atoms with van der Waals surface area (Å²) >= 11 is 1.15. The van der Waals surface area contributed by atoms with Gasteiger partial charge in [-0.2, -0.15) is 0 Å². The van der Waals surface area contributed by atoms with E-state index in [2.05, 4.69) is 5.32 Å². The van der Waals surface area contributed by atoms with E-state index in [4.69, 9.17) is 0 Å². The molecule has 1 aliphatic carbocycles. The Morgan fingerprint density at radius 1 is 1.10 bits per heavy atom. The number of nitrogens with zero attached hydrogens (tertiary/aromatic N) is 2. The number of nitrogens with one attached hydrogen (secondary N) is 1. The summed E-state index contributed by atoms with van der Waals surface area (Å²) in [6, 6.07) is 15.1. The predicted molar refractivity (Wildman–Crippen MR) is 117 cm³/mol. The van der Waals surface area contributed by atoms with E-state index in [1.54, 1.807) is 17.5 Å². The summed E-state index contributed by atoms with van der Waals surface area (Å²) in [6.07, 6.45) is 1.68. The third-order valence-electron chi connectivity index (χ3n) is 5.62. The van der Waals surface area contributed by atoms with Gasteiger partial charge in [-0.25, -0.2) is 13.8 Å². The minimum atomic E-state index is -0.747. The van der Waals surface area contributed by atoms with Crippen molar-refractivity contribution in [1.82, 2.24) is 14.5 Å². The average molecular weight is 435 g/mol. The molecule has 0 fully saturated rings. The first kappa shape index (κ1) is 19.4. The molecule has 8 heteroatoms. The lowest BCUT2D eigenvalue weighted by Gasteiger charge is -2.16. The van der Waals surface area contributed by atoms with Gasteiger partial charge in [0.25, 0.3) is 5.56 Å². The molecule has 4 aromatic rings. The second-order valence-electron chi connectivity index (χ2n) is 7.45. The van der Waals surface area contributed by atoms with Crippen LogP contribution in [0.3, 0.4) is 0 Å². The highest BCUT2D eigenvalue weighted by atomic mass is 32.1. The molecular weight excluding hydrogens is 417 g/mol. The molecule has 2 aromatic carbocycles. The topological polar surface area (TPSA) is 73.1 Å². The maximum atomic E-state index is 14.4. The van der Waals surface area contributed by atoms with Crippen LogP contribution in [0.1, 0.15) is 23.6 Å². The maximum absolute atomic E-state index is 14.4. The molecule has 0 spiro atoms. The van der Waals surface area contributed by atoms with Gasteiger partial charge >= 0.3 is 5.69 Å². The van der Waals surface area contributed by atoms with Crippen molar-refractivity contribution in [3.63, 3.8) is 0 Å². The smallest absolute Gasteiger partial charge is 0.336 e. The molecule has 5 rings (SSSR count). The molecule has 6 nitrogen and oxygen atoms in total. The summed E-state index contributed by atoms with van der Waals surface area (Å²) in [5.41, 5.74) is 1.18. The van der Waals surface area contributed by atoms with E-state index < -0.39 is 17.1 Å². The zero-order chi connectivity index (χ0) is 21.5. The van der Waals surface area contributed by atoms with Crippen molar-refractivity contribution in [2.45, 2.75) is 25.4 Å². The van der Waals surface area contributed by atoms with Crippen LogP contribution in [-0.4, -0.2) is 15.0 Å². The Balaban J connectivity index is 1.54. The van der Waals surface area contributed by atoms with Gasteiger partial charge in [0.15, 0.2) is 0 Å². The fourth-order valence-electron chi connectivity index (χ4n) is 4.18. The molecule has 0 bridgehead atoms. The van der Waals surface area contributed by atoms with Crippen LogP contribution in [-0.2, 0) is 17.8 Å². The summed E-state index contributed by atoms with van der Waals surface area (Å²) < 4.78 is 16.7. The fraction of sp³-hybridized carbons (Fsp3) is 0.174.